The number of anilines is 2. The van der Waals surface area contributed by atoms with Crippen LogP contribution in [0, 0.1) is 0 Å². The molecule has 0 atom stereocenters. The fourth-order valence-electron chi connectivity index (χ4n) is 3.55. The van der Waals surface area contributed by atoms with Crippen molar-refractivity contribution < 1.29 is 26.3 Å². The van der Waals surface area contributed by atoms with Crippen molar-refractivity contribution in [3.8, 4) is 0 Å². The Hall–Kier alpha value is -4.00. The molecule has 1 nitrogen and oxygen atoms in total. The smallest absolute Gasteiger partial charge is 0.356 e. The van der Waals surface area contributed by atoms with Gasteiger partial charge in [-0.3, -0.25) is 0 Å². The lowest BCUT2D eigenvalue weighted by Crippen LogP contribution is -2.06. The Morgan fingerprint density at radius 3 is 1.74 bits per heavy atom. The minimum atomic E-state index is -4.55. The first-order valence-corrected chi connectivity index (χ1v) is 10.6. The zero-order chi connectivity index (χ0) is 25.1. The Bertz CT molecular complexity index is 1300. The van der Waals surface area contributed by atoms with E-state index >= 15 is 0 Å². The van der Waals surface area contributed by atoms with Crippen molar-refractivity contribution in [2.75, 3.05) is 5.32 Å². The third-order valence-electron chi connectivity index (χ3n) is 5.31. The summed E-state index contributed by atoms with van der Waals surface area (Å²) in [7, 11) is 0. The third-order valence-corrected chi connectivity index (χ3v) is 5.31. The van der Waals surface area contributed by atoms with Gasteiger partial charge < -0.3 is 5.32 Å². The van der Waals surface area contributed by atoms with E-state index in [1.807, 2.05) is 42.5 Å². The van der Waals surface area contributed by atoms with Gasteiger partial charge in [-0.05, 0) is 76.9 Å². The fourth-order valence-corrected chi connectivity index (χ4v) is 3.55. The molecule has 0 aromatic heterocycles. The van der Waals surface area contributed by atoms with Gasteiger partial charge in [0, 0.05) is 11.4 Å². The van der Waals surface area contributed by atoms with Crippen LogP contribution < -0.4 is 5.32 Å². The van der Waals surface area contributed by atoms with Crippen LogP contribution in [0.15, 0.2) is 103 Å². The Morgan fingerprint density at radius 2 is 1.14 bits per heavy atom. The number of hydrogen-bond acceptors (Lipinski definition) is 1. The Morgan fingerprint density at radius 1 is 0.543 bits per heavy atom. The number of rotatable bonds is 5. The molecule has 0 saturated heterocycles. The number of nitrogens with one attached hydrogen (secondary N) is 1. The van der Waals surface area contributed by atoms with E-state index in [1.165, 1.54) is 24.3 Å². The quantitative estimate of drug-likeness (QED) is 0.221. The lowest BCUT2D eigenvalue weighted by Gasteiger charge is -2.14. The van der Waals surface area contributed by atoms with Crippen LogP contribution in [0.25, 0.3) is 11.6 Å². The molecule has 0 fully saturated rings. The highest BCUT2D eigenvalue weighted by Gasteiger charge is 2.31. The van der Waals surface area contributed by atoms with Crippen LogP contribution in [-0.2, 0) is 12.4 Å². The van der Waals surface area contributed by atoms with Gasteiger partial charge >= 0.3 is 12.4 Å². The van der Waals surface area contributed by atoms with Gasteiger partial charge in [0.1, 0.15) is 0 Å². The summed E-state index contributed by atoms with van der Waals surface area (Å²) in [4.78, 5) is 0. The topological polar surface area (TPSA) is 12.0 Å². The molecule has 4 aromatic rings. The predicted molar refractivity (Wildman–Crippen MR) is 126 cm³/mol. The molecule has 0 aliphatic carbocycles. The summed E-state index contributed by atoms with van der Waals surface area (Å²) in [6, 6.07) is 25.8. The van der Waals surface area contributed by atoms with E-state index in [2.05, 4.69) is 5.32 Å². The highest BCUT2D eigenvalue weighted by Crippen LogP contribution is 2.35. The Balaban J connectivity index is 1.73. The normalized spacial score (nSPS) is 12.5. The number of alkyl halides is 6. The van der Waals surface area contributed by atoms with Crippen molar-refractivity contribution >= 4 is 23.0 Å². The molecule has 0 amide bonds. The molecule has 0 spiro atoms. The van der Waals surface area contributed by atoms with Crippen LogP contribution in [0.4, 0.5) is 37.7 Å². The first-order valence-electron chi connectivity index (χ1n) is 10.6. The van der Waals surface area contributed by atoms with Gasteiger partial charge in [-0.2, -0.15) is 26.3 Å². The molecule has 35 heavy (non-hydrogen) atoms. The van der Waals surface area contributed by atoms with Crippen LogP contribution in [-0.4, -0.2) is 0 Å². The van der Waals surface area contributed by atoms with E-state index in [0.29, 0.717) is 16.7 Å². The number of benzene rings is 4. The third kappa shape index (κ3) is 6.12. The molecule has 4 rings (SSSR count). The molecule has 0 aliphatic heterocycles. The lowest BCUT2D eigenvalue weighted by atomic mass is 9.93. The van der Waals surface area contributed by atoms with Crippen molar-refractivity contribution in [3.63, 3.8) is 0 Å². The van der Waals surface area contributed by atoms with E-state index < -0.39 is 23.5 Å². The average Bonchev–Trinajstić information content (AvgIpc) is 2.83. The zero-order valence-corrected chi connectivity index (χ0v) is 18.2. The van der Waals surface area contributed by atoms with Gasteiger partial charge in [0.2, 0.25) is 0 Å². The van der Waals surface area contributed by atoms with Gasteiger partial charge in [0.25, 0.3) is 0 Å². The van der Waals surface area contributed by atoms with Crippen LogP contribution in [0.2, 0.25) is 0 Å². The molecule has 0 radical (unpaired) electrons. The molecular formula is C28H19F6N. The van der Waals surface area contributed by atoms with Crippen LogP contribution >= 0.6 is 0 Å². The molecular weight excluding hydrogens is 464 g/mol. The second-order valence-corrected chi connectivity index (χ2v) is 7.82. The van der Waals surface area contributed by atoms with Gasteiger partial charge in [0.15, 0.2) is 0 Å². The molecule has 178 valence electrons. The summed E-state index contributed by atoms with van der Waals surface area (Å²) < 4.78 is 79.0. The standard InChI is InChI=1S/C28H19F6N/c29-27(30,31)22-13-11-20(12-14-22)26(21-5-4-6-23(18-21)28(32,33)34)17-19-9-15-25(16-10-19)35-24-7-2-1-3-8-24/h1-18,35H/b26-17+. The van der Waals surface area contributed by atoms with Crippen molar-refractivity contribution in [2.24, 2.45) is 0 Å². The monoisotopic (exact) mass is 483 g/mol. The maximum atomic E-state index is 13.3. The predicted octanol–water partition coefficient (Wildman–Crippen LogP) is 9.06. The minimum Gasteiger partial charge on any atom is -0.356 e. The van der Waals surface area contributed by atoms with Crippen LogP contribution in [0.5, 0.6) is 0 Å². The van der Waals surface area contributed by atoms with Crippen LogP contribution in [0.3, 0.4) is 0 Å². The number of hydrogen-bond donors (Lipinski definition) is 1. The summed E-state index contributed by atoms with van der Waals surface area (Å²) in [6.45, 7) is 0. The van der Waals surface area contributed by atoms with E-state index in [1.54, 1.807) is 18.2 Å². The van der Waals surface area contributed by atoms with E-state index in [-0.39, 0.29) is 5.56 Å². The first kappa shape index (κ1) is 24.1. The first-order chi connectivity index (χ1) is 16.6. The van der Waals surface area contributed by atoms with Crippen molar-refractivity contribution in [1.29, 1.82) is 0 Å². The molecule has 1 N–H and O–H groups in total. The van der Waals surface area contributed by atoms with Crippen molar-refractivity contribution in [3.05, 3.63) is 131 Å². The second-order valence-electron chi connectivity index (χ2n) is 7.82. The summed E-state index contributed by atoms with van der Waals surface area (Å²) >= 11 is 0. The van der Waals surface area contributed by atoms with Gasteiger partial charge in [-0.15, -0.1) is 0 Å². The van der Waals surface area contributed by atoms with Crippen LogP contribution in [0.1, 0.15) is 27.8 Å². The summed E-state index contributed by atoms with van der Waals surface area (Å²) in [5.41, 5.74) is 1.68. The van der Waals surface area contributed by atoms with E-state index in [4.69, 9.17) is 0 Å². The minimum absolute atomic E-state index is 0.242. The molecule has 4 aromatic carbocycles. The molecule has 0 aliphatic rings. The molecule has 0 unspecified atom stereocenters. The SMILES string of the molecule is FC(F)(F)c1ccc(/C(=C\c2ccc(Nc3ccccc3)cc2)c2cccc(C(F)(F)F)c2)cc1. The summed E-state index contributed by atoms with van der Waals surface area (Å²) in [5.74, 6) is 0. The van der Waals surface area contributed by atoms with Gasteiger partial charge in [-0.1, -0.05) is 54.6 Å². The summed E-state index contributed by atoms with van der Waals surface area (Å²) in [5, 5.41) is 3.24. The summed E-state index contributed by atoms with van der Waals surface area (Å²) in [6.07, 6.45) is -7.41. The zero-order valence-electron chi connectivity index (χ0n) is 18.2. The highest BCUT2D eigenvalue weighted by atomic mass is 19.4. The molecule has 0 bridgehead atoms. The second kappa shape index (κ2) is 9.70. The van der Waals surface area contributed by atoms with E-state index in [0.717, 1.165) is 35.6 Å². The molecule has 0 heterocycles. The maximum absolute atomic E-state index is 13.3. The highest BCUT2D eigenvalue weighted by molar-refractivity contribution is 5.91. The van der Waals surface area contributed by atoms with E-state index in [9.17, 15) is 26.3 Å². The Kier molecular flexibility index (Phi) is 6.69. The molecule has 7 heteroatoms. The fraction of sp³-hybridized carbons (Fsp3) is 0.0714. The molecule has 0 saturated carbocycles. The number of para-hydroxylation sites is 1. The average molecular weight is 483 g/mol. The maximum Gasteiger partial charge on any atom is 0.416 e. The van der Waals surface area contributed by atoms with Crippen molar-refractivity contribution in [2.45, 2.75) is 12.4 Å². The largest absolute Gasteiger partial charge is 0.416 e. The van der Waals surface area contributed by atoms with Crippen molar-refractivity contribution in [1.82, 2.24) is 0 Å². The van der Waals surface area contributed by atoms with Gasteiger partial charge in [-0.25, -0.2) is 0 Å². The lowest BCUT2D eigenvalue weighted by molar-refractivity contribution is -0.138. The van der Waals surface area contributed by atoms with Gasteiger partial charge in [0.05, 0.1) is 11.1 Å². The Labute approximate surface area is 198 Å². The number of halogens is 6.